The summed E-state index contributed by atoms with van der Waals surface area (Å²) in [5.41, 5.74) is 3.30. The molecular formula is C14H14F3N3OSi. The zero-order valence-corrected chi connectivity index (χ0v) is 13.3. The number of aromatic nitrogens is 3. The second kappa shape index (κ2) is 6.23. The van der Waals surface area contributed by atoms with Gasteiger partial charge in [0.25, 0.3) is 5.88 Å². The Hall–Kier alpha value is -2.27. The Bertz CT molecular complexity index is 712. The first kappa shape index (κ1) is 16.1. The van der Waals surface area contributed by atoms with E-state index in [4.69, 9.17) is 0 Å². The molecule has 0 aliphatic rings. The fraction of sp³-hybridized carbons (Fsp3) is 0.286. The van der Waals surface area contributed by atoms with Gasteiger partial charge in [-0.2, -0.15) is 8.78 Å². The van der Waals surface area contributed by atoms with Crippen LogP contribution in [-0.2, 0) is 0 Å². The largest absolute Gasteiger partial charge is 0.414 e. The Morgan fingerprint density at radius 3 is 2.55 bits per heavy atom. The maximum absolute atomic E-state index is 12.9. The van der Waals surface area contributed by atoms with E-state index in [0.717, 1.165) is 6.20 Å². The van der Waals surface area contributed by atoms with Crippen molar-refractivity contribution in [2.24, 2.45) is 0 Å². The van der Waals surface area contributed by atoms with E-state index in [9.17, 15) is 13.2 Å². The minimum absolute atomic E-state index is 0.244. The van der Waals surface area contributed by atoms with Gasteiger partial charge >= 0.3 is 6.61 Å². The first-order valence-electron chi connectivity index (χ1n) is 6.44. The number of ether oxygens (including phenoxy) is 1. The van der Waals surface area contributed by atoms with Crippen molar-refractivity contribution in [3.8, 4) is 23.2 Å². The molecule has 0 fully saturated rings. The molecule has 116 valence electrons. The van der Waals surface area contributed by atoms with Crippen molar-refractivity contribution in [3.05, 3.63) is 35.9 Å². The third kappa shape index (κ3) is 4.36. The van der Waals surface area contributed by atoms with E-state index in [0.29, 0.717) is 0 Å². The summed E-state index contributed by atoms with van der Waals surface area (Å²) in [6.07, 6.45) is 2.45. The highest BCUT2D eigenvalue weighted by molar-refractivity contribution is 6.83. The molecule has 0 N–H and O–H groups in total. The topological polar surface area (TPSA) is 39.9 Å². The first-order valence-corrected chi connectivity index (χ1v) is 9.94. The van der Waals surface area contributed by atoms with E-state index in [-0.39, 0.29) is 17.3 Å². The molecule has 0 radical (unpaired) electrons. The molecule has 0 aliphatic carbocycles. The van der Waals surface area contributed by atoms with Gasteiger partial charge in [0.05, 0.1) is 12.4 Å². The fourth-order valence-electron chi connectivity index (χ4n) is 1.49. The first-order chi connectivity index (χ1) is 10.2. The van der Waals surface area contributed by atoms with E-state index in [1.807, 2.05) is 19.6 Å². The fourth-order valence-corrected chi connectivity index (χ4v) is 2.00. The van der Waals surface area contributed by atoms with Crippen molar-refractivity contribution in [2.45, 2.75) is 26.3 Å². The van der Waals surface area contributed by atoms with Crippen LogP contribution in [0.25, 0.3) is 5.82 Å². The zero-order valence-electron chi connectivity index (χ0n) is 12.3. The Balaban J connectivity index is 2.42. The predicted molar refractivity (Wildman–Crippen MR) is 78.2 cm³/mol. The Morgan fingerprint density at radius 1 is 1.27 bits per heavy atom. The third-order valence-electron chi connectivity index (χ3n) is 2.40. The number of hydrogen-bond donors (Lipinski definition) is 0. The van der Waals surface area contributed by atoms with Gasteiger partial charge in [-0.3, -0.25) is 0 Å². The van der Waals surface area contributed by atoms with Crippen LogP contribution in [0.2, 0.25) is 19.6 Å². The highest BCUT2D eigenvalue weighted by atomic mass is 28.3. The van der Waals surface area contributed by atoms with Crippen LogP contribution in [-0.4, -0.2) is 29.4 Å². The van der Waals surface area contributed by atoms with Gasteiger partial charge < -0.3 is 4.74 Å². The normalized spacial score (nSPS) is 11.2. The number of pyridine rings is 1. The van der Waals surface area contributed by atoms with Gasteiger partial charge in [-0.25, -0.2) is 14.1 Å². The zero-order chi connectivity index (χ0) is 16.3. The van der Waals surface area contributed by atoms with Crippen LogP contribution in [0.15, 0.2) is 24.5 Å². The molecule has 0 saturated carbocycles. The van der Waals surface area contributed by atoms with Crippen LogP contribution < -0.4 is 4.74 Å². The van der Waals surface area contributed by atoms with Crippen LogP contribution in [0.1, 0.15) is 5.56 Å². The molecule has 2 rings (SSSR count). The van der Waals surface area contributed by atoms with Crippen LogP contribution >= 0.6 is 0 Å². The van der Waals surface area contributed by atoms with Crippen molar-refractivity contribution in [1.82, 2.24) is 14.8 Å². The lowest BCUT2D eigenvalue weighted by molar-refractivity contribution is -0.0532. The minimum Gasteiger partial charge on any atom is -0.414 e. The second-order valence-electron chi connectivity index (χ2n) is 5.51. The van der Waals surface area contributed by atoms with Gasteiger partial charge in [0.15, 0.2) is 5.82 Å². The summed E-state index contributed by atoms with van der Waals surface area (Å²) in [5, 5.41) is 3.89. The van der Waals surface area contributed by atoms with Gasteiger partial charge in [0.1, 0.15) is 19.5 Å². The second-order valence-corrected chi connectivity index (χ2v) is 10.3. The van der Waals surface area contributed by atoms with Crippen molar-refractivity contribution >= 4 is 8.07 Å². The Labute approximate surface area is 126 Å². The molecule has 22 heavy (non-hydrogen) atoms. The molecule has 0 aromatic carbocycles. The van der Waals surface area contributed by atoms with Gasteiger partial charge in [0.2, 0.25) is 0 Å². The van der Waals surface area contributed by atoms with E-state index >= 15 is 0 Å². The molecule has 0 unspecified atom stereocenters. The summed E-state index contributed by atoms with van der Waals surface area (Å²) in [6.45, 7) is 3.08. The van der Waals surface area contributed by atoms with Gasteiger partial charge in [0, 0.05) is 0 Å². The average molecular weight is 325 g/mol. The summed E-state index contributed by atoms with van der Waals surface area (Å²) in [4.78, 5) is 3.83. The lowest BCUT2D eigenvalue weighted by Crippen LogP contribution is -2.16. The van der Waals surface area contributed by atoms with Gasteiger partial charge in [-0.1, -0.05) is 25.6 Å². The lowest BCUT2D eigenvalue weighted by Gasteiger charge is -2.03. The standard InChI is InChI=1S/C14H14F3N3OSi/c1-22(2,3)7-6-10-9-20(19-13(10)21-14(16)17)12-5-4-11(15)8-18-12/h4-5,8-9,14H,1-3H3. The van der Waals surface area contributed by atoms with E-state index in [1.54, 1.807) is 0 Å². The molecule has 0 amide bonds. The summed E-state index contributed by atoms with van der Waals surface area (Å²) in [6, 6.07) is 2.58. The monoisotopic (exact) mass is 325 g/mol. The van der Waals surface area contributed by atoms with Crippen LogP contribution in [0.5, 0.6) is 5.88 Å². The Morgan fingerprint density at radius 2 is 2.00 bits per heavy atom. The number of halogens is 3. The SMILES string of the molecule is C[Si](C)(C)C#Cc1cn(-c2ccc(F)cn2)nc1OC(F)F. The maximum Gasteiger partial charge on any atom is 0.388 e. The number of nitrogens with zero attached hydrogens (tertiary/aromatic N) is 3. The summed E-state index contributed by atoms with van der Waals surface area (Å²) in [5.74, 6) is 2.33. The van der Waals surface area contributed by atoms with Crippen molar-refractivity contribution in [1.29, 1.82) is 0 Å². The van der Waals surface area contributed by atoms with Crippen molar-refractivity contribution in [2.75, 3.05) is 0 Å². The van der Waals surface area contributed by atoms with E-state index in [1.165, 1.54) is 23.0 Å². The van der Waals surface area contributed by atoms with Crippen molar-refractivity contribution in [3.63, 3.8) is 0 Å². The third-order valence-corrected chi connectivity index (χ3v) is 3.27. The minimum atomic E-state index is -3.00. The molecule has 0 spiro atoms. The summed E-state index contributed by atoms with van der Waals surface area (Å²) < 4.78 is 43.4. The van der Waals surface area contributed by atoms with E-state index < -0.39 is 20.5 Å². The molecule has 0 atom stereocenters. The smallest absolute Gasteiger partial charge is 0.388 e. The van der Waals surface area contributed by atoms with Gasteiger partial charge in [-0.15, -0.1) is 10.6 Å². The molecular weight excluding hydrogens is 311 g/mol. The summed E-state index contributed by atoms with van der Waals surface area (Å²) in [7, 11) is -1.69. The molecule has 0 saturated heterocycles. The predicted octanol–water partition coefficient (Wildman–Crippen LogP) is 3.24. The molecule has 0 bridgehead atoms. The molecule has 8 heteroatoms. The quantitative estimate of drug-likeness (QED) is 0.642. The Kier molecular flexibility index (Phi) is 4.56. The lowest BCUT2D eigenvalue weighted by atomic mass is 10.4. The summed E-state index contributed by atoms with van der Waals surface area (Å²) >= 11 is 0. The highest BCUT2D eigenvalue weighted by Gasteiger charge is 2.16. The van der Waals surface area contributed by atoms with Gasteiger partial charge in [-0.05, 0) is 12.1 Å². The molecule has 2 aromatic heterocycles. The number of hydrogen-bond acceptors (Lipinski definition) is 3. The van der Waals surface area contributed by atoms with Crippen LogP contribution in [0, 0.1) is 17.3 Å². The number of alkyl halides is 2. The van der Waals surface area contributed by atoms with Crippen molar-refractivity contribution < 1.29 is 17.9 Å². The molecule has 0 aliphatic heterocycles. The van der Waals surface area contributed by atoms with Crippen LogP contribution in [0.4, 0.5) is 13.2 Å². The molecule has 2 aromatic rings. The highest BCUT2D eigenvalue weighted by Crippen LogP contribution is 2.19. The molecule has 4 nitrogen and oxygen atoms in total. The number of rotatable bonds is 3. The maximum atomic E-state index is 12.9. The molecule has 2 heterocycles. The van der Waals surface area contributed by atoms with Crippen LogP contribution in [0.3, 0.4) is 0 Å². The average Bonchev–Trinajstić information content (AvgIpc) is 2.79. The van der Waals surface area contributed by atoms with E-state index in [2.05, 4.69) is 26.3 Å².